The molecule has 4 N–H and O–H groups in total. The summed E-state index contributed by atoms with van der Waals surface area (Å²) in [5, 5.41) is 12.2. The lowest BCUT2D eigenvalue weighted by atomic mass is 10.1. The van der Waals surface area contributed by atoms with Crippen molar-refractivity contribution < 1.29 is 9.90 Å². The number of carbonyl (C=O) groups excluding carboxylic acids is 1. The number of aromatic hydroxyl groups is 1. The zero-order valence-electron chi connectivity index (χ0n) is 10.1. The summed E-state index contributed by atoms with van der Waals surface area (Å²) in [6.07, 6.45) is 2.94. The molecule has 0 heterocycles. The fourth-order valence-corrected chi connectivity index (χ4v) is 2.00. The second-order valence-electron chi connectivity index (χ2n) is 3.93. The van der Waals surface area contributed by atoms with Crippen molar-refractivity contribution in [2.24, 2.45) is 0 Å². The minimum atomic E-state index is -0.244. The normalized spacial score (nSPS) is 12.1. The number of nitrogens with one attached hydrogen (secondary N) is 1. The summed E-state index contributed by atoms with van der Waals surface area (Å²) >= 11 is 1.74. The Kier molecular flexibility index (Phi) is 5.15. The molecule has 4 nitrogen and oxygen atoms in total. The molecule has 5 heteroatoms. The van der Waals surface area contributed by atoms with E-state index in [4.69, 9.17) is 5.73 Å². The van der Waals surface area contributed by atoms with Crippen LogP contribution in [0.25, 0.3) is 0 Å². The van der Waals surface area contributed by atoms with Crippen LogP contribution >= 0.6 is 11.8 Å². The summed E-state index contributed by atoms with van der Waals surface area (Å²) in [6.45, 7) is 1.95. The predicted molar refractivity (Wildman–Crippen MR) is 72.4 cm³/mol. The van der Waals surface area contributed by atoms with Crippen molar-refractivity contribution in [2.45, 2.75) is 19.4 Å². The topological polar surface area (TPSA) is 75.3 Å². The molecule has 0 aliphatic carbocycles. The van der Waals surface area contributed by atoms with Gasteiger partial charge in [0.2, 0.25) is 0 Å². The summed E-state index contributed by atoms with van der Waals surface area (Å²) in [5.41, 5.74) is 6.38. The van der Waals surface area contributed by atoms with Crippen molar-refractivity contribution in [3.05, 3.63) is 23.8 Å². The first kappa shape index (κ1) is 13.7. The molecule has 0 fully saturated rings. The van der Waals surface area contributed by atoms with Crippen LogP contribution in [0.1, 0.15) is 23.7 Å². The van der Waals surface area contributed by atoms with Gasteiger partial charge < -0.3 is 16.2 Å². The maximum atomic E-state index is 11.9. The molecule has 1 rings (SSSR count). The number of hydrogen-bond donors (Lipinski definition) is 3. The average molecular weight is 254 g/mol. The van der Waals surface area contributed by atoms with Gasteiger partial charge in [-0.2, -0.15) is 11.8 Å². The molecule has 1 aromatic carbocycles. The van der Waals surface area contributed by atoms with E-state index in [1.54, 1.807) is 11.8 Å². The highest BCUT2D eigenvalue weighted by Crippen LogP contribution is 2.18. The first-order valence-electron chi connectivity index (χ1n) is 5.43. The molecule has 1 atom stereocenters. The Bertz CT molecular complexity index is 396. The molecule has 0 saturated heterocycles. The van der Waals surface area contributed by atoms with E-state index in [-0.39, 0.29) is 17.7 Å². The number of phenols is 1. The number of anilines is 1. The average Bonchev–Trinajstić information content (AvgIpc) is 2.29. The monoisotopic (exact) mass is 254 g/mol. The van der Waals surface area contributed by atoms with Crippen LogP contribution in [0, 0.1) is 0 Å². The Morgan fingerprint density at radius 2 is 2.29 bits per heavy atom. The van der Waals surface area contributed by atoms with E-state index < -0.39 is 0 Å². The fourth-order valence-electron chi connectivity index (χ4n) is 1.41. The van der Waals surface area contributed by atoms with Crippen LogP contribution in [0.4, 0.5) is 5.69 Å². The number of nitrogen functional groups attached to an aromatic ring is 1. The lowest BCUT2D eigenvalue weighted by Gasteiger charge is -2.14. The van der Waals surface area contributed by atoms with E-state index in [2.05, 4.69) is 5.32 Å². The molecular weight excluding hydrogens is 236 g/mol. The van der Waals surface area contributed by atoms with Gasteiger partial charge >= 0.3 is 0 Å². The summed E-state index contributed by atoms with van der Waals surface area (Å²) in [4.78, 5) is 11.9. The Morgan fingerprint density at radius 1 is 1.59 bits per heavy atom. The summed E-state index contributed by atoms with van der Waals surface area (Å²) in [5.74, 6) is 0.796. The second-order valence-corrected chi connectivity index (χ2v) is 4.91. The highest BCUT2D eigenvalue weighted by atomic mass is 32.2. The van der Waals surface area contributed by atoms with E-state index >= 15 is 0 Å². The van der Waals surface area contributed by atoms with Gasteiger partial charge in [0, 0.05) is 11.7 Å². The molecule has 0 spiro atoms. The number of amides is 1. The lowest BCUT2D eigenvalue weighted by Crippen LogP contribution is -2.33. The number of nitrogens with two attached hydrogens (primary N) is 1. The quantitative estimate of drug-likeness (QED) is 0.553. The molecule has 0 aliphatic rings. The Balaban J connectivity index is 2.66. The summed E-state index contributed by atoms with van der Waals surface area (Å²) in [7, 11) is 0. The van der Waals surface area contributed by atoms with E-state index in [9.17, 15) is 9.90 Å². The molecule has 0 saturated carbocycles. The zero-order valence-corrected chi connectivity index (χ0v) is 10.9. The van der Waals surface area contributed by atoms with Crippen molar-refractivity contribution in [3.8, 4) is 5.75 Å². The first-order valence-corrected chi connectivity index (χ1v) is 6.82. The van der Waals surface area contributed by atoms with Crippen LogP contribution in [0.2, 0.25) is 0 Å². The molecule has 1 unspecified atom stereocenters. The van der Waals surface area contributed by atoms with Crippen LogP contribution in [0.15, 0.2) is 18.2 Å². The van der Waals surface area contributed by atoms with Crippen molar-refractivity contribution in [1.29, 1.82) is 0 Å². The molecule has 0 aliphatic heterocycles. The van der Waals surface area contributed by atoms with Gasteiger partial charge in [-0.25, -0.2) is 0 Å². The van der Waals surface area contributed by atoms with Crippen LogP contribution in [0.5, 0.6) is 5.75 Å². The van der Waals surface area contributed by atoms with Gasteiger partial charge in [-0.1, -0.05) is 0 Å². The number of benzene rings is 1. The number of carbonyl (C=O) groups is 1. The van der Waals surface area contributed by atoms with Crippen molar-refractivity contribution in [2.75, 3.05) is 17.7 Å². The maximum Gasteiger partial charge on any atom is 0.253 e. The predicted octanol–water partition coefficient (Wildman–Crippen LogP) is 1.85. The minimum Gasteiger partial charge on any atom is -0.508 e. The summed E-state index contributed by atoms with van der Waals surface area (Å²) in [6, 6.07) is 4.46. The van der Waals surface area contributed by atoms with Crippen molar-refractivity contribution >= 4 is 23.4 Å². The second kappa shape index (κ2) is 6.39. The third-order valence-electron chi connectivity index (χ3n) is 2.41. The van der Waals surface area contributed by atoms with Gasteiger partial charge in [0.25, 0.3) is 5.91 Å². The molecule has 17 heavy (non-hydrogen) atoms. The van der Waals surface area contributed by atoms with Gasteiger partial charge in [-0.05, 0) is 43.6 Å². The van der Waals surface area contributed by atoms with Crippen molar-refractivity contribution in [3.63, 3.8) is 0 Å². The van der Waals surface area contributed by atoms with E-state index in [0.717, 1.165) is 12.2 Å². The highest BCUT2D eigenvalue weighted by molar-refractivity contribution is 7.98. The van der Waals surface area contributed by atoms with Gasteiger partial charge in [0.15, 0.2) is 0 Å². The molecular formula is C12H18N2O2S. The molecule has 1 aromatic rings. The standard InChI is InChI=1S/C12H18N2O2S/c1-8(5-6-17-2)14-12(16)10-7-9(15)3-4-11(10)13/h3-4,7-8,15H,5-6,13H2,1-2H3,(H,14,16). The third-order valence-corrected chi connectivity index (χ3v) is 3.06. The number of hydrogen-bond acceptors (Lipinski definition) is 4. The van der Waals surface area contributed by atoms with Crippen LogP contribution in [0.3, 0.4) is 0 Å². The lowest BCUT2D eigenvalue weighted by molar-refractivity contribution is 0.0940. The van der Waals surface area contributed by atoms with E-state index in [1.165, 1.54) is 18.2 Å². The maximum absolute atomic E-state index is 11.9. The Hall–Kier alpha value is -1.36. The Labute approximate surface area is 106 Å². The third kappa shape index (κ3) is 4.19. The number of thioether (sulfide) groups is 1. The van der Waals surface area contributed by atoms with Gasteiger partial charge in [-0.3, -0.25) is 4.79 Å². The SMILES string of the molecule is CSCCC(C)NC(=O)c1cc(O)ccc1N. The van der Waals surface area contributed by atoms with Gasteiger partial charge in [-0.15, -0.1) is 0 Å². The van der Waals surface area contributed by atoms with Crippen LogP contribution in [-0.2, 0) is 0 Å². The molecule has 1 amide bonds. The van der Waals surface area contributed by atoms with Gasteiger partial charge in [0.05, 0.1) is 5.56 Å². The van der Waals surface area contributed by atoms with Gasteiger partial charge in [0.1, 0.15) is 5.75 Å². The summed E-state index contributed by atoms with van der Waals surface area (Å²) < 4.78 is 0. The van der Waals surface area contributed by atoms with Crippen LogP contribution < -0.4 is 11.1 Å². The van der Waals surface area contributed by atoms with Crippen LogP contribution in [-0.4, -0.2) is 29.1 Å². The number of phenolic OH excluding ortho intramolecular Hbond substituents is 1. The molecule has 0 radical (unpaired) electrons. The molecule has 94 valence electrons. The first-order chi connectivity index (χ1) is 8.04. The fraction of sp³-hybridized carbons (Fsp3) is 0.417. The molecule has 0 aromatic heterocycles. The number of rotatable bonds is 5. The smallest absolute Gasteiger partial charge is 0.253 e. The Morgan fingerprint density at radius 3 is 2.94 bits per heavy atom. The minimum absolute atomic E-state index is 0.0427. The highest BCUT2D eigenvalue weighted by Gasteiger charge is 2.13. The molecule has 0 bridgehead atoms. The van der Waals surface area contributed by atoms with E-state index in [0.29, 0.717) is 11.3 Å². The largest absolute Gasteiger partial charge is 0.508 e. The zero-order chi connectivity index (χ0) is 12.8. The van der Waals surface area contributed by atoms with Crippen molar-refractivity contribution in [1.82, 2.24) is 5.32 Å². The van der Waals surface area contributed by atoms with E-state index in [1.807, 2.05) is 13.2 Å².